The van der Waals surface area contributed by atoms with Crippen LogP contribution < -0.4 is 11.5 Å². The van der Waals surface area contributed by atoms with Gasteiger partial charge in [0.05, 0.1) is 0 Å². The van der Waals surface area contributed by atoms with Crippen LogP contribution in [0.25, 0.3) is 5.57 Å². The van der Waals surface area contributed by atoms with Crippen molar-refractivity contribution in [2.45, 2.75) is 20.4 Å². The van der Waals surface area contributed by atoms with E-state index in [4.69, 9.17) is 11.5 Å². The lowest BCUT2D eigenvalue weighted by atomic mass is 10.1. The van der Waals surface area contributed by atoms with Crippen LogP contribution in [-0.4, -0.2) is 13.3 Å². The molecule has 0 aromatic heterocycles. The Morgan fingerprint density at radius 3 is 2.32 bits per heavy atom. The van der Waals surface area contributed by atoms with Gasteiger partial charge in [0.1, 0.15) is 5.82 Å². The van der Waals surface area contributed by atoms with Gasteiger partial charge in [0.25, 0.3) is 0 Å². The summed E-state index contributed by atoms with van der Waals surface area (Å²) in [5, 5.41) is 0. The first-order chi connectivity index (χ1) is 9.22. The van der Waals surface area contributed by atoms with Gasteiger partial charge in [-0.15, -0.1) is 13.2 Å². The van der Waals surface area contributed by atoms with Crippen molar-refractivity contribution in [2.24, 2.45) is 16.5 Å². The molecule has 0 unspecified atom stereocenters. The van der Waals surface area contributed by atoms with E-state index in [0.29, 0.717) is 16.7 Å². The molecule has 0 saturated carbocycles. The number of nitrogens with two attached hydrogens (primary N) is 2. The van der Waals surface area contributed by atoms with Gasteiger partial charge in [0, 0.05) is 37.1 Å². The molecule has 0 aliphatic rings. The van der Waals surface area contributed by atoms with Crippen LogP contribution in [0.4, 0.5) is 4.39 Å². The minimum atomic E-state index is -0.321. The molecule has 0 saturated heterocycles. The fraction of sp³-hybridized carbons (Fsp3) is 0.267. The van der Waals surface area contributed by atoms with Crippen molar-refractivity contribution in [3.8, 4) is 0 Å². The molecule has 0 amide bonds. The molecule has 106 valence electrons. The van der Waals surface area contributed by atoms with E-state index in [9.17, 15) is 4.39 Å². The summed E-state index contributed by atoms with van der Waals surface area (Å²) in [5.74, 6) is -0.321. The van der Waals surface area contributed by atoms with Crippen LogP contribution in [0.1, 0.15) is 25.0 Å². The molecule has 4 N–H and O–H groups in total. The van der Waals surface area contributed by atoms with Gasteiger partial charge in [0.2, 0.25) is 0 Å². The van der Waals surface area contributed by atoms with Crippen LogP contribution in [0.15, 0.2) is 42.5 Å². The first-order valence-corrected chi connectivity index (χ1v) is 6.05. The maximum Gasteiger partial charge on any atom is 0.128 e. The molecule has 0 aliphatic carbocycles. The third-order valence-corrected chi connectivity index (χ3v) is 2.05. The van der Waals surface area contributed by atoms with Gasteiger partial charge >= 0.3 is 0 Å². The Morgan fingerprint density at radius 1 is 1.37 bits per heavy atom. The van der Waals surface area contributed by atoms with Crippen molar-refractivity contribution in [1.82, 2.24) is 0 Å². The number of hydrogen-bond donors (Lipinski definition) is 2. The van der Waals surface area contributed by atoms with Gasteiger partial charge in [-0.05, 0) is 11.6 Å². The van der Waals surface area contributed by atoms with Crippen molar-refractivity contribution < 1.29 is 4.39 Å². The lowest BCUT2D eigenvalue weighted by molar-refractivity contribution is 0.610. The summed E-state index contributed by atoms with van der Waals surface area (Å²) >= 11 is 0. The number of halogens is 1. The molecule has 0 bridgehead atoms. The molecular weight excluding hydrogens is 241 g/mol. The quantitative estimate of drug-likeness (QED) is 0.651. The molecule has 0 aliphatic heterocycles. The number of benzene rings is 1. The Labute approximate surface area is 115 Å². The molecule has 0 fully saturated rings. The smallest absolute Gasteiger partial charge is 0.128 e. The summed E-state index contributed by atoms with van der Waals surface area (Å²) in [6, 6.07) is 4.83. The zero-order valence-electron chi connectivity index (χ0n) is 12.0. The molecule has 1 rings (SSSR count). The third-order valence-electron chi connectivity index (χ3n) is 2.05. The Kier molecular flexibility index (Phi) is 12.8. The van der Waals surface area contributed by atoms with Crippen molar-refractivity contribution in [3.63, 3.8) is 0 Å². The summed E-state index contributed by atoms with van der Waals surface area (Å²) in [6.45, 7) is 10.2. The van der Waals surface area contributed by atoms with E-state index in [-0.39, 0.29) is 12.4 Å². The lowest BCUT2D eigenvalue weighted by Crippen LogP contribution is -2.01. The SMILES string of the molecule is C=C.CC.CN=C/C(=C\N)c1ccc(CN)c(F)c1. The monoisotopic (exact) mass is 265 g/mol. The van der Waals surface area contributed by atoms with E-state index < -0.39 is 0 Å². The van der Waals surface area contributed by atoms with Gasteiger partial charge in [-0.2, -0.15) is 0 Å². The number of allylic oxidation sites excluding steroid dienone is 1. The molecule has 1 aromatic rings. The topological polar surface area (TPSA) is 64.4 Å². The summed E-state index contributed by atoms with van der Waals surface area (Å²) in [4.78, 5) is 3.84. The highest BCUT2D eigenvalue weighted by Gasteiger charge is 2.04. The van der Waals surface area contributed by atoms with Crippen LogP contribution >= 0.6 is 0 Å². The molecule has 0 radical (unpaired) electrons. The zero-order chi connectivity index (χ0) is 15.3. The molecule has 1 aromatic carbocycles. The first kappa shape index (κ1) is 19.4. The minimum Gasteiger partial charge on any atom is -0.404 e. The third kappa shape index (κ3) is 6.52. The number of nitrogens with zero attached hydrogens (tertiary/aromatic N) is 1. The van der Waals surface area contributed by atoms with E-state index in [2.05, 4.69) is 18.2 Å². The predicted molar refractivity (Wildman–Crippen MR) is 83.5 cm³/mol. The average molecular weight is 265 g/mol. The summed E-state index contributed by atoms with van der Waals surface area (Å²) in [6.07, 6.45) is 2.97. The van der Waals surface area contributed by atoms with Crippen LogP contribution in [0.5, 0.6) is 0 Å². The Bertz CT molecular complexity index is 412. The maximum absolute atomic E-state index is 13.4. The fourth-order valence-corrected chi connectivity index (χ4v) is 1.25. The van der Waals surface area contributed by atoms with Crippen molar-refractivity contribution in [1.29, 1.82) is 0 Å². The van der Waals surface area contributed by atoms with E-state index in [1.54, 1.807) is 25.4 Å². The first-order valence-electron chi connectivity index (χ1n) is 6.05. The Balaban J connectivity index is 0. The van der Waals surface area contributed by atoms with Crippen molar-refractivity contribution in [3.05, 3.63) is 54.5 Å². The zero-order valence-corrected chi connectivity index (χ0v) is 12.0. The van der Waals surface area contributed by atoms with E-state index in [1.807, 2.05) is 13.8 Å². The van der Waals surface area contributed by atoms with Gasteiger partial charge in [-0.1, -0.05) is 26.0 Å². The number of hydrogen-bond acceptors (Lipinski definition) is 3. The molecule has 0 spiro atoms. The predicted octanol–water partition coefficient (Wildman–Crippen LogP) is 3.11. The van der Waals surface area contributed by atoms with Crippen molar-refractivity contribution >= 4 is 11.8 Å². The van der Waals surface area contributed by atoms with Crippen LogP contribution in [-0.2, 0) is 6.54 Å². The van der Waals surface area contributed by atoms with Gasteiger partial charge in [-0.3, -0.25) is 4.99 Å². The van der Waals surface area contributed by atoms with Gasteiger partial charge < -0.3 is 11.5 Å². The summed E-state index contributed by atoms with van der Waals surface area (Å²) < 4.78 is 13.4. The Hall–Kier alpha value is -1.94. The van der Waals surface area contributed by atoms with E-state index in [0.717, 1.165) is 0 Å². The second-order valence-corrected chi connectivity index (χ2v) is 3.02. The van der Waals surface area contributed by atoms with Crippen molar-refractivity contribution in [2.75, 3.05) is 7.05 Å². The fourth-order valence-electron chi connectivity index (χ4n) is 1.25. The highest BCUT2D eigenvalue weighted by atomic mass is 19.1. The number of rotatable bonds is 3. The highest BCUT2D eigenvalue weighted by Crippen LogP contribution is 2.16. The van der Waals surface area contributed by atoms with Gasteiger partial charge in [0.15, 0.2) is 0 Å². The largest absolute Gasteiger partial charge is 0.404 e. The molecule has 0 atom stereocenters. The number of aliphatic imine (C=N–C) groups is 1. The second-order valence-electron chi connectivity index (χ2n) is 3.02. The average Bonchev–Trinajstić information content (AvgIpc) is 2.49. The van der Waals surface area contributed by atoms with E-state index in [1.165, 1.54) is 12.3 Å². The highest BCUT2D eigenvalue weighted by molar-refractivity contribution is 6.09. The lowest BCUT2D eigenvalue weighted by Gasteiger charge is -2.04. The van der Waals surface area contributed by atoms with Crippen LogP contribution in [0, 0.1) is 5.82 Å². The molecule has 0 heterocycles. The molecular formula is C15H24FN3. The van der Waals surface area contributed by atoms with E-state index >= 15 is 0 Å². The Morgan fingerprint density at radius 2 is 1.95 bits per heavy atom. The molecule has 19 heavy (non-hydrogen) atoms. The van der Waals surface area contributed by atoms with Crippen LogP contribution in [0.3, 0.4) is 0 Å². The standard InChI is InChI=1S/C11H14FN3.C2H6.C2H4/c1-15-7-10(6-14)8-2-3-9(5-13)11(12)4-8;2*1-2/h2-4,6-7H,5,13-14H2,1H3;1-2H3;1-2H2/b10-6+,15-7?;;. The second kappa shape index (κ2) is 12.5. The van der Waals surface area contributed by atoms with Crippen LogP contribution in [0.2, 0.25) is 0 Å². The maximum atomic E-state index is 13.4. The molecule has 3 nitrogen and oxygen atoms in total. The minimum absolute atomic E-state index is 0.190. The normalized spacial score (nSPS) is 10.3. The van der Waals surface area contributed by atoms with Gasteiger partial charge in [-0.25, -0.2) is 4.39 Å². The summed E-state index contributed by atoms with van der Waals surface area (Å²) in [7, 11) is 1.63. The summed E-state index contributed by atoms with van der Waals surface area (Å²) in [5.41, 5.74) is 12.6. The molecule has 4 heteroatoms.